The molecule has 0 aliphatic carbocycles. The van der Waals surface area contributed by atoms with Crippen LogP contribution in [0.4, 0.5) is 11.5 Å². The molecular weight excluding hydrogens is 246 g/mol. The number of aromatic nitrogens is 1. The van der Waals surface area contributed by atoms with Gasteiger partial charge in [0.15, 0.2) is 5.82 Å². The Morgan fingerprint density at radius 1 is 1.63 bits per heavy atom. The number of aromatic carboxylic acids is 1. The van der Waals surface area contributed by atoms with E-state index in [1.54, 1.807) is 7.11 Å². The van der Waals surface area contributed by atoms with Gasteiger partial charge in [-0.05, 0) is 18.4 Å². The number of nitrogens with zero attached hydrogens (tertiary/aromatic N) is 2. The molecular formula is C13H19N3O3. The molecule has 0 bridgehead atoms. The predicted octanol–water partition coefficient (Wildman–Crippen LogP) is 1.22. The largest absolute Gasteiger partial charge is 0.478 e. The van der Waals surface area contributed by atoms with Crippen molar-refractivity contribution in [3.8, 4) is 0 Å². The van der Waals surface area contributed by atoms with E-state index in [-0.39, 0.29) is 17.4 Å². The lowest BCUT2D eigenvalue weighted by Crippen LogP contribution is -2.44. The predicted molar refractivity (Wildman–Crippen MR) is 72.4 cm³/mol. The van der Waals surface area contributed by atoms with Gasteiger partial charge in [-0.1, -0.05) is 6.92 Å². The van der Waals surface area contributed by atoms with E-state index in [4.69, 9.17) is 15.6 Å². The van der Waals surface area contributed by atoms with Crippen LogP contribution in [0, 0.1) is 5.92 Å². The summed E-state index contributed by atoms with van der Waals surface area (Å²) in [6, 6.07) is 1.42. The molecule has 2 rings (SSSR count). The molecule has 6 nitrogen and oxygen atoms in total. The van der Waals surface area contributed by atoms with Crippen molar-refractivity contribution in [3.05, 3.63) is 17.8 Å². The monoisotopic (exact) mass is 265 g/mol. The number of pyridine rings is 1. The summed E-state index contributed by atoms with van der Waals surface area (Å²) in [7, 11) is 1.69. The van der Waals surface area contributed by atoms with Crippen molar-refractivity contribution in [2.75, 3.05) is 30.8 Å². The molecule has 2 unspecified atom stereocenters. The standard InChI is InChI=1S/C13H19N3O3/c1-8-4-6-16(7-10(8)19-2)12-11(14)9(13(17)18)3-5-15-12/h3,5,8,10H,4,6-7,14H2,1-2H3,(H,17,18). The van der Waals surface area contributed by atoms with Crippen LogP contribution in [0.1, 0.15) is 23.7 Å². The summed E-state index contributed by atoms with van der Waals surface area (Å²) in [6.07, 6.45) is 2.56. The van der Waals surface area contributed by atoms with Gasteiger partial charge >= 0.3 is 5.97 Å². The molecule has 0 saturated carbocycles. The molecule has 1 aromatic rings. The number of carboxylic acid groups (broad SMARTS) is 1. The number of hydrogen-bond donors (Lipinski definition) is 2. The lowest BCUT2D eigenvalue weighted by molar-refractivity contribution is 0.0497. The van der Waals surface area contributed by atoms with Crippen LogP contribution in [0.3, 0.4) is 0 Å². The van der Waals surface area contributed by atoms with Crippen LogP contribution in [0.5, 0.6) is 0 Å². The third-order valence-corrected chi connectivity index (χ3v) is 3.69. The van der Waals surface area contributed by atoms with E-state index in [0.717, 1.165) is 13.0 Å². The highest BCUT2D eigenvalue weighted by atomic mass is 16.5. The number of ether oxygens (including phenoxy) is 1. The Labute approximate surface area is 112 Å². The van der Waals surface area contributed by atoms with Gasteiger partial charge in [-0.3, -0.25) is 0 Å². The van der Waals surface area contributed by atoms with Crippen LogP contribution in [-0.2, 0) is 4.74 Å². The number of carbonyl (C=O) groups is 1. The minimum absolute atomic E-state index is 0.0950. The fraction of sp³-hybridized carbons (Fsp3) is 0.538. The number of rotatable bonds is 3. The Kier molecular flexibility index (Phi) is 3.90. The highest BCUT2D eigenvalue weighted by molar-refractivity contribution is 5.96. The second-order valence-electron chi connectivity index (χ2n) is 4.89. The first-order valence-corrected chi connectivity index (χ1v) is 6.30. The van der Waals surface area contributed by atoms with Crippen LogP contribution in [-0.4, -0.2) is 42.4 Å². The SMILES string of the molecule is COC1CN(c2nccc(C(=O)O)c2N)CCC1C. The molecule has 1 aromatic heterocycles. The smallest absolute Gasteiger partial charge is 0.337 e. The van der Waals surface area contributed by atoms with Crippen molar-refractivity contribution in [1.29, 1.82) is 0 Å². The number of anilines is 2. The molecule has 2 heterocycles. The lowest BCUT2D eigenvalue weighted by atomic mass is 9.95. The molecule has 1 saturated heterocycles. The molecule has 6 heteroatoms. The maximum atomic E-state index is 11.1. The number of piperidine rings is 1. The molecule has 0 aromatic carbocycles. The molecule has 3 N–H and O–H groups in total. The van der Waals surface area contributed by atoms with E-state index in [9.17, 15) is 4.79 Å². The summed E-state index contributed by atoms with van der Waals surface area (Å²) in [5.41, 5.74) is 6.23. The molecule has 2 atom stereocenters. The summed E-state index contributed by atoms with van der Waals surface area (Å²) in [4.78, 5) is 17.3. The third kappa shape index (κ3) is 2.63. The van der Waals surface area contributed by atoms with E-state index >= 15 is 0 Å². The number of nitrogens with two attached hydrogens (primary N) is 1. The van der Waals surface area contributed by atoms with E-state index in [1.165, 1.54) is 12.3 Å². The van der Waals surface area contributed by atoms with Gasteiger partial charge in [0.2, 0.25) is 0 Å². The van der Waals surface area contributed by atoms with Gasteiger partial charge in [-0.25, -0.2) is 9.78 Å². The van der Waals surface area contributed by atoms with Gasteiger partial charge in [-0.15, -0.1) is 0 Å². The maximum absolute atomic E-state index is 11.1. The molecule has 1 fully saturated rings. The summed E-state index contributed by atoms with van der Waals surface area (Å²) in [5, 5.41) is 9.08. The molecule has 0 spiro atoms. The summed E-state index contributed by atoms with van der Waals surface area (Å²) in [6.45, 7) is 3.63. The van der Waals surface area contributed by atoms with E-state index in [0.29, 0.717) is 18.3 Å². The number of nitrogen functional groups attached to an aromatic ring is 1. The molecule has 1 aliphatic heterocycles. The van der Waals surface area contributed by atoms with E-state index in [2.05, 4.69) is 11.9 Å². The zero-order valence-electron chi connectivity index (χ0n) is 11.2. The maximum Gasteiger partial charge on any atom is 0.337 e. The van der Waals surface area contributed by atoms with Gasteiger partial charge in [0.1, 0.15) is 0 Å². The van der Waals surface area contributed by atoms with Gasteiger partial charge in [0, 0.05) is 26.4 Å². The average molecular weight is 265 g/mol. The van der Waals surface area contributed by atoms with Crippen molar-refractivity contribution >= 4 is 17.5 Å². The molecule has 1 aliphatic rings. The van der Waals surface area contributed by atoms with Crippen LogP contribution >= 0.6 is 0 Å². The Morgan fingerprint density at radius 3 is 3.00 bits per heavy atom. The minimum atomic E-state index is -1.03. The van der Waals surface area contributed by atoms with Crippen LogP contribution in [0.15, 0.2) is 12.3 Å². The Hall–Kier alpha value is -1.82. The summed E-state index contributed by atoms with van der Waals surface area (Å²) >= 11 is 0. The minimum Gasteiger partial charge on any atom is -0.478 e. The van der Waals surface area contributed by atoms with Crippen molar-refractivity contribution < 1.29 is 14.6 Å². The first kappa shape index (κ1) is 13.6. The Balaban J connectivity index is 2.27. The molecule has 0 amide bonds. The van der Waals surface area contributed by atoms with E-state index in [1.807, 2.05) is 4.90 Å². The fourth-order valence-corrected chi connectivity index (χ4v) is 2.43. The van der Waals surface area contributed by atoms with E-state index < -0.39 is 5.97 Å². The number of carboxylic acids is 1. The number of hydrogen-bond acceptors (Lipinski definition) is 5. The lowest BCUT2D eigenvalue weighted by Gasteiger charge is -2.37. The molecule has 0 radical (unpaired) electrons. The molecule has 19 heavy (non-hydrogen) atoms. The number of methoxy groups -OCH3 is 1. The summed E-state index contributed by atoms with van der Waals surface area (Å²) in [5.74, 6) is -0.0196. The van der Waals surface area contributed by atoms with Gasteiger partial charge < -0.3 is 20.5 Å². The Bertz CT molecular complexity index is 478. The molecule has 104 valence electrons. The highest BCUT2D eigenvalue weighted by Crippen LogP contribution is 2.29. The highest BCUT2D eigenvalue weighted by Gasteiger charge is 2.28. The average Bonchev–Trinajstić information content (AvgIpc) is 2.39. The quantitative estimate of drug-likeness (QED) is 0.854. The van der Waals surface area contributed by atoms with Crippen LogP contribution in [0.2, 0.25) is 0 Å². The van der Waals surface area contributed by atoms with Crippen LogP contribution in [0.25, 0.3) is 0 Å². The fourth-order valence-electron chi connectivity index (χ4n) is 2.43. The van der Waals surface area contributed by atoms with Crippen LogP contribution < -0.4 is 10.6 Å². The second kappa shape index (κ2) is 5.44. The second-order valence-corrected chi connectivity index (χ2v) is 4.89. The van der Waals surface area contributed by atoms with Gasteiger partial charge in [0.25, 0.3) is 0 Å². The first-order valence-electron chi connectivity index (χ1n) is 6.30. The van der Waals surface area contributed by atoms with Crippen molar-refractivity contribution in [2.24, 2.45) is 5.92 Å². The van der Waals surface area contributed by atoms with Crippen molar-refractivity contribution in [2.45, 2.75) is 19.4 Å². The first-order chi connectivity index (χ1) is 9.04. The zero-order valence-corrected chi connectivity index (χ0v) is 11.2. The van der Waals surface area contributed by atoms with Crippen molar-refractivity contribution in [1.82, 2.24) is 4.98 Å². The topological polar surface area (TPSA) is 88.7 Å². The third-order valence-electron chi connectivity index (χ3n) is 3.69. The normalized spacial score (nSPS) is 23.4. The zero-order chi connectivity index (χ0) is 14.0. The van der Waals surface area contributed by atoms with Gasteiger partial charge in [-0.2, -0.15) is 0 Å². The Morgan fingerprint density at radius 2 is 2.37 bits per heavy atom. The van der Waals surface area contributed by atoms with Gasteiger partial charge in [0.05, 0.1) is 17.4 Å². The van der Waals surface area contributed by atoms with Crippen molar-refractivity contribution in [3.63, 3.8) is 0 Å². The summed E-state index contributed by atoms with van der Waals surface area (Å²) < 4.78 is 5.45.